The Morgan fingerprint density at radius 2 is 2.07 bits per heavy atom. The predicted octanol–water partition coefficient (Wildman–Crippen LogP) is 2.72. The molecule has 2 aliphatic heterocycles. The Bertz CT molecular complexity index is 1020. The van der Waals surface area contributed by atoms with Crippen molar-refractivity contribution in [1.29, 1.82) is 0 Å². The molecule has 0 amide bonds. The molecule has 4 rings (SSSR count). The van der Waals surface area contributed by atoms with Crippen LogP contribution in [0.2, 0.25) is 0 Å². The summed E-state index contributed by atoms with van der Waals surface area (Å²) < 4.78 is 18.3. The fourth-order valence-corrected chi connectivity index (χ4v) is 4.05. The highest BCUT2D eigenvalue weighted by molar-refractivity contribution is 5.89. The third-order valence-corrected chi connectivity index (χ3v) is 5.76. The van der Waals surface area contributed by atoms with Gasteiger partial charge in [0, 0.05) is 29.4 Å². The molecular weight excluding hydrogens is 386 g/mol. The molecule has 2 aromatic rings. The van der Waals surface area contributed by atoms with Gasteiger partial charge in [-0.15, -0.1) is 0 Å². The van der Waals surface area contributed by atoms with Crippen molar-refractivity contribution in [2.75, 3.05) is 19.8 Å². The number of carbonyl (C=O) groups excluding carboxylic acids is 1. The Morgan fingerprint density at radius 1 is 1.30 bits per heavy atom. The van der Waals surface area contributed by atoms with Gasteiger partial charge in [0.25, 0.3) is 0 Å². The van der Waals surface area contributed by atoms with E-state index in [9.17, 15) is 14.7 Å². The summed E-state index contributed by atoms with van der Waals surface area (Å²) in [5.74, 6) is 0.330. The number of nitrogens with zero attached hydrogens (tertiary/aromatic N) is 1. The summed E-state index contributed by atoms with van der Waals surface area (Å²) in [6.45, 7) is 7.09. The van der Waals surface area contributed by atoms with Gasteiger partial charge in [-0.3, -0.25) is 4.79 Å². The first-order chi connectivity index (χ1) is 14.4. The normalized spacial score (nSPS) is 17.8. The van der Waals surface area contributed by atoms with E-state index >= 15 is 0 Å². The number of ether oxygens (including phenoxy) is 3. The van der Waals surface area contributed by atoms with Crippen LogP contribution in [0.3, 0.4) is 0 Å². The predicted molar refractivity (Wildman–Crippen MR) is 111 cm³/mol. The monoisotopic (exact) mass is 413 g/mol. The van der Waals surface area contributed by atoms with Gasteiger partial charge >= 0.3 is 5.97 Å². The maximum Gasteiger partial charge on any atom is 0.343 e. The molecule has 1 fully saturated rings. The lowest BCUT2D eigenvalue weighted by Gasteiger charge is -2.34. The van der Waals surface area contributed by atoms with E-state index in [4.69, 9.17) is 14.2 Å². The number of carbonyl (C=O) groups is 1. The first kappa shape index (κ1) is 20.6. The van der Waals surface area contributed by atoms with E-state index in [0.717, 1.165) is 23.2 Å². The van der Waals surface area contributed by atoms with Gasteiger partial charge in [0.15, 0.2) is 5.43 Å². The highest BCUT2D eigenvalue weighted by Crippen LogP contribution is 2.40. The van der Waals surface area contributed by atoms with E-state index in [2.05, 4.69) is 13.8 Å². The maximum absolute atomic E-state index is 12.7. The van der Waals surface area contributed by atoms with E-state index in [1.807, 2.05) is 16.7 Å². The van der Waals surface area contributed by atoms with Crippen molar-refractivity contribution in [3.8, 4) is 17.0 Å². The number of esters is 1. The molecule has 7 nitrogen and oxygen atoms in total. The van der Waals surface area contributed by atoms with Gasteiger partial charge in [0.1, 0.15) is 17.4 Å². The Labute approximate surface area is 175 Å². The summed E-state index contributed by atoms with van der Waals surface area (Å²) >= 11 is 0. The Kier molecular flexibility index (Phi) is 5.66. The van der Waals surface area contributed by atoms with Crippen molar-refractivity contribution < 1.29 is 24.1 Å². The van der Waals surface area contributed by atoms with Crippen LogP contribution in [0, 0.1) is 5.92 Å². The van der Waals surface area contributed by atoms with Crippen LogP contribution >= 0.6 is 0 Å². The lowest BCUT2D eigenvalue weighted by atomic mass is 9.86. The first-order valence-corrected chi connectivity index (χ1v) is 10.4. The summed E-state index contributed by atoms with van der Waals surface area (Å²) in [5.41, 5.74) is 3.01. The topological polar surface area (TPSA) is 87.0 Å². The van der Waals surface area contributed by atoms with Crippen LogP contribution in [0.15, 0.2) is 29.2 Å². The molecule has 1 saturated heterocycles. The third-order valence-electron chi connectivity index (χ3n) is 5.76. The number of aromatic nitrogens is 1. The van der Waals surface area contributed by atoms with Crippen LogP contribution in [0.25, 0.3) is 11.3 Å². The van der Waals surface area contributed by atoms with Gasteiger partial charge in [0.2, 0.25) is 0 Å². The minimum atomic E-state index is -0.603. The molecule has 0 spiro atoms. The van der Waals surface area contributed by atoms with Gasteiger partial charge in [0.05, 0.1) is 32.1 Å². The number of hydrogen-bond donors (Lipinski definition) is 1. The molecule has 1 N–H and O–H groups in total. The summed E-state index contributed by atoms with van der Waals surface area (Å²) in [4.78, 5) is 25.0. The van der Waals surface area contributed by atoms with Crippen LogP contribution in [0.1, 0.15) is 48.3 Å². The molecule has 7 heteroatoms. The van der Waals surface area contributed by atoms with Crippen LogP contribution in [-0.4, -0.2) is 41.6 Å². The minimum absolute atomic E-state index is 0.000113. The van der Waals surface area contributed by atoms with Crippen molar-refractivity contribution in [2.24, 2.45) is 5.92 Å². The summed E-state index contributed by atoms with van der Waals surface area (Å²) in [6.07, 6.45) is 2.35. The number of aliphatic hydroxyl groups is 1. The molecule has 0 bridgehead atoms. The van der Waals surface area contributed by atoms with Gasteiger partial charge in [-0.05, 0) is 37.0 Å². The second kappa shape index (κ2) is 8.24. The fraction of sp³-hybridized carbons (Fsp3) is 0.478. The zero-order chi connectivity index (χ0) is 21.4. The minimum Gasteiger partial charge on any atom is -0.485 e. The number of pyridine rings is 1. The highest BCUT2D eigenvalue weighted by Gasteiger charge is 2.30. The highest BCUT2D eigenvalue weighted by atomic mass is 16.6. The molecule has 1 aromatic heterocycles. The van der Waals surface area contributed by atoms with Crippen molar-refractivity contribution in [3.63, 3.8) is 0 Å². The Morgan fingerprint density at radius 3 is 2.67 bits per heavy atom. The van der Waals surface area contributed by atoms with Crippen molar-refractivity contribution in [2.45, 2.75) is 45.9 Å². The number of fused-ring (bicyclic) bond motifs is 3. The zero-order valence-electron chi connectivity index (χ0n) is 17.5. The number of benzene rings is 1. The average Bonchev–Trinajstić information content (AvgIpc) is 2.69. The molecule has 1 atom stereocenters. The van der Waals surface area contributed by atoms with Crippen molar-refractivity contribution in [3.05, 3.63) is 51.3 Å². The zero-order valence-corrected chi connectivity index (χ0v) is 17.5. The molecule has 1 aromatic carbocycles. The molecule has 0 saturated carbocycles. The van der Waals surface area contributed by atoms with E-state index in [-0.39, 0.29) is 42.3 Å². The molecule has 2 aliphatic rings. The first-order valence-electron chi connectivity index (χ1n) is 10.4. The van der Waals surface area contributed by atoms with E-state index < -0.39 is 5.97 Å². The van der Waals surface area contributed by atoms with Gasteiger partial charge < -0.3 is 23.9 Å². The van der Waals surface area contributed by atoms with Crippen LogP contribution < -0.4 is 10.2 Å². The number of rotatable bonds is 6. The molecule has 0 radical (unpaired) electrons. The molecule has 1 unspecified atom stereocenters. The van der Waals surface area contributed by atoms with E-state index in [0.29, 0.717) is 24.5 Å². The Hall–Kier alpha value is -2.64. The maximum atomic E-state index is 12.7. The lowest BCUT2D eigenvalue weighted by molar-refractivity contribution is -0.0802. The average molecular weight is 413 g/mol. The molecular formula is C23H27NO6. The Balaban J connectivity index is 1.84. The van der Waals surface area contributed by atoms with Crippen LogP contribution in [0.4, 0.5) is 0 Å². The molecule has 0 aliphatic carbocycles. The number of aliphatic hydroxyl groups excluding tert-OH is 1. The largest absolute Gasteiger partial charge is 0.485 e. The van der Waals surface area contributed by atoms with Crippen molar-refractivity contribution >= 4 is 5.97 Å². The summed E-state index contributed by atoms with van der Waals surface area (Å²) in [7, 11) is 0. The smallest absolute Gasteiger partial charge is 0.343 e. The molecule has 30 heavy (non-hydrogen) atoms. The van der Waals surface area contributed by atoms with Crippen molar-refractivity contribution in [1.82, 2.24) is 4.57 Å². The second-order valence-corrected chi connectivity index (χ2v) is 8.13. The molecule has 160 valence electrons. The fourth-order valence-electron chi connectivity index (χ4n) is 4.05. The van der Waals surface area contributed by atoms with Crippen LogP contribution in [0.5, 0.6) is 5.75 Å². The van der Waals surface area contributed by atoms with Gasteiger partial charge in [-0.2, -0.15) is 0 Å². The van der Waals surface area contributed by atoms with Gasteiger partial charge in [-0.25, -0.2) is 4.79 Å². The third kappa shape index (κ3) is 3.63. The SMILES string of the molecule is CCOC(=O)c1cn2c(cc1=O)-c1cc(CO)c(OC3COC3)cc1CC2C(C)C. The summed E-state index contributed by atoms with van der Waals surface area (Å²) in [5, 5.41) is 9.90. The van der Waals surface area contributed by atoms with Crippen LogP contribution in [-0.2, 0) is 22.5 Å². The second-order valence-electron chi connectivity index (χ2n) is 8.13. The summed E-state index contributed by atoms with van der Waals surface area (Å²) in [6, 6.07) is 5.43. The standard InChI is InChI=1S/C23H27NO6/c1-4-29-23(27)18-9-24-19(13(2)3)6-14-7-22(30-16-11-28-12-16)15(10-25)5-17(14)20(24)8-21(18)26/h5,7-9,13,16,19,25H,4,6,10-12H2,1-3H3. The lowest BCUT2D eigenvalue weighted by Crippen LogP contribution is -2.38. The van der Waals surface area contributed by atoms with E-state index in [1.165, 1.54) is 6.07 Å². The van der Waals surface area contributed by atoms with Gasteiger partial charge in [-0.1, -0.05) is 13.8 Å². The number of hydrogen-bond acceptors (Lipinski definition) is 6. The van der Waals surface area contributed by atoms with E-state index in [1.54, 1.807) is 13.1 Å². The molecule has 3 heterocycles. The quantitative estimate of drug-likeness (QED) is 0.733.